The van der Waals surface area contributed by atoms with Crippen molar-refractivity contribution in [1.82, 2.24) is 0 Å². The molecule has 0 unspecified atom stereocenters. The molecule has 0 aromatic heterocycles. The molecule has 0 bridgehead atoms. The first-order valence-electron chi connectivity index (χ1n) is 8.42. The Morgan fingerprint density at radius 1 is 1.12 bits per heavy atom. The molecule has 1 amide bonds. The van der Waals surface area contributed by atoms with E-state index in [0.29, 0.717) is 16.7 Å². The predicted molar refractivity (Wildman–Crippen MR) is 102 cm³/mol. The standard InChI is InChI=1S/C20H22ClNO4/c1-3-14(2)17-9-4-5-10-18(17)22-19(23)12-26-20(24)13-25-16-8-6-7-15(21)11-16/h4-11,14H,3,12-13H2,1-2H3,(H,22,23)/t14-/m1/s1. The Bertz CT molecular complexity index is 763. The zero-order valence-electron chi connectivity index (χ0n) is 14.8. The molecular formula is C20H22ClNO4. The number of ether oxygens (including phenoxy) is 2. The Morgan fingerprint density at radius 3 is 2.62 bits per heavy atom. The van der Waals surface area contributed by atoms with Crippen molar-refractivity contribution in [3.05, 3.63) is 59.1 Å². The zero-order chi connectivity index (χ0) is 18.9. The summed E-state index contributed by atoms with van der Waals surface area (Å²) in [7, 11) is 0. The molecule has 138 valence electrons. The Hall–Kier alpha value is -2.53. The highest BCUT2D eigenvalue weighted by Gasteiger charge is 2.13. The van der Waals surface area contributed by atoms with E-state index in [0.717, 1.165) is 17.7 Å². The summed E-state index contributed by atoms with van der Waals surface area (Å²) in [6.07, 6.45) is 0.961. The maximum absolute atomic E-state index is 12.1. The number of nitrogens with one attached hydrogen (secondary N) is 1. The third kappa shape index (κ3) is 6.08. The molecule has 0 aliphatic carbocycles. The molecule has 26 heavy (non-hydrogen) atoms. The first kappa shape index (κ1) is 19.8. The van der Waals surface area contributed by atoms with E-state index in [-0.39, 0.29) is 13.2 Å². The summed E-state index contributed by atoms with van der Waals surface area (Å²) in [5.41, 5.74) is 1.79. The van der Waals surface area contributed by atoms with Gasteiger partial charge in [0.15, 0.2) is 13.2 Å². The molecule has 0 aliphatic rings. The van der Waals surface area contributed by atoms with E-state index in [4.69, 9.17) is 21.1 Å². The maximum atomic E-state index is 12.1. The van der Waals surface area contributed by atoms with E-state index in [1.165, 1.54) is 0 Å². The summed E-state index contributed by atoms with van der Waals surface area (Å²) in [5, 5.41) is 3.30. The Morgan fingerprint density at radius 2 is 1.88 bits per heavy atom. The second-order valence-electron chi connectivity index (χ2n) is 5.85. The van der Waals surface area contributed by atoms with Gasteiger partial charge in [0, 0.05) is 10.7 Å². The third-order valence-electron chi connectivity index (χ3n) is 3.90. The van der Waals surface area contributed by atoms with Gasteiger partial charge in [-0.1, -0.05) is 49.7 Å². The molecule has 2 rings (SSSR count). The fraction of sp³-hybridized carbons (Fsp3) is 0.300. The van der Waals surface area contributed by atoms with Crippen LogP contribution in [0, 0.1) is 0 Å². The smallest absolute Gasteiger partial charge is 0.344 e. The van der Waals surface area contributed by atoms with E-state index in [1.54, 1.807) is 24.3 Å². The van der Waals surface area contributed by atoms with Crippen molar-refractivity contribution in [2.24, 2.45) is 0 Å². The Labute approximate surface area is 158 Å². The first-order valence-corrected chi connectivity index (χ1v) is 8.80. The molecule has 6 heteroatoms. The molecule has 0 fully saturated rings. The van der Waals surface area contributed by atoms with Crippen molar-refractivity contribution in [3.63, 3.8) is 0 Å². The summed E-state index contributed by atoms with van der Waals surface area (Å²) in [5.74, 6) is -0.242. The van der Waals surface area contributed by atoms with Crippen molar-refractivity contribution in [1.29, 1.82) is 0 Å². The molecule has 5 nitrogen and oxygen atoms in total. The Balaban J connectivity index is 1.81. The molecule has 0 saturated heterocycles. The molecular weight excluding hydrogens is 354 g/mol. The van der Waals surface area contributed by atoms with Crippen LogP contribution in [-0.4, -0.2) is 25.1 Å². The van der Waals surface area contributed by atoms with Crippen LogP contribution in [0.5, 0.6) is 5.75 Å². The monoisotopic (exact) mass is 375 g/mol. The third-order valence-corrected chi connectivity index (χ3v) is 4.13. The summed E-state index contributed by atoms with van der Waals surface area (Å²) in [4.78, 5) is 23.8. The topological polar surface area (TPSA) is 64.6 Å². The van der Waals surface area contributed by atoms with Gasteiger partial charge in [0.05, 0.1) is 0 Å². The quantitative estimate of drug-likeness (QED) is 0.694. The summed E-state index contributed by atoms with van der Waals surface area (Å²) < 4.78 is 10.2. The number of halogens is 1. The normalized spacial score (nSPS) is 11.5. The number of carbonyl (C=O) groups is 2. The van der Waals surface area contributed by atoms with Crippen LogP contribution in [0.25, 0.3) is 0 Å². The average Bonchev–Trinajstić information content (AvgIpc) is 2.64. The molecule has 2 aromatic carbocycles. The zero-order valence-corrected chi connectivity index (χ0v) is 15.6. The van der Waals surface area contributed by atoms with Crippen molar-refractivity contribution in [3.8, 4) is 5.75 Å². The van der Waals surface area contributed by atoms with Gasteiger partial charge in [0.2, 0.25) is 0 Å². The largest absolute Gasteiger partial charge is 0.482 e. The minimum Gasteiger partial charge on any atom is -0.482 e. The van der Waals surface area contributed by atoms with E-state index >= 15 is 0 Å². The highest BCUT2D eigenvalue weighted by atomic mass is 35.5. The fourth-order valence-electron chi connectivity index (χ4n) is 2.33. The van der Waals surface area contributed by atoms with Gasteiger partial charge in [-0.05, 0) is 42.2 Å². The number of benzene rings is 2. The molecule has 2 aromatic rings. The first-order chi connectivity index (χ1) is 12.5. The molecule has 0 saturated carbocycles. The number of carbonyl (C=O) groups excluding carboxylic acids is 2. The van der Waals surface area contributed by atoms with Gasteiger partial charge >= 0.3 is 5.97 Å². The second kappa shape index (κ2) is 9.82. The number of para-hydroxylation sites is 1. The van der Waals surface area contributed by atoms with Crippen LogP contribution in [-0.2, 0) is 14.3 Å². The van der Waals surface area contributed by atoms with Gasteiger partial charge in [-0.2, -0.15) is 0 Å². The maximum Gasteiger partial charge on any atom is 0.344 e. The number of hydrogen-bond acceptors (Lipinski definition) is 4. The molecule has 0 spiro atoms. The van der Waals surface area contributed by atoms with Crippen LogP contribution in [0.2, 0.25) is 5.02 Å². The lowest BCUT2D eigenvalue weighted by Crippen LogP contribution is -2.24. The van der Waals surface area contributed by atoms with Crippen LogP contribution in [0.3, 0.4) is 0 Å². The van der Waals surface area contributed by atoms with Gasteiger partial charge in [0.25, 0.3) is 5.91 Å². The fourth-order valence-corrected chi connectivity index (χ4v) is 2.51. The van der Waals surface area contributed by atoms with E-state index in [2.05, 4.69) is 19.2 Å². The van der Waals surface area contributed by atoms with E-state index in [9.17, 15) is 9.59 Å². The van der Waals surface area contributed by atoms with Crippen LogP contribution < -0.4 is 10.1 Å². The van der Waals surface area contributed by atoms with Crippen LogP contribution in [0.15, 0.2) is 48.5 Å². The van der Waals surface area contributed by atoms with Gasteiger partial charge < -0.3 is 14.8 Å². The van der Waals surface area contributed by atoms with E-state index < -0.39 is 11.9 Å². The lowest BCUT2D eigenvalue weighted by atomic mass is 9.97. The Kier molecular flexibility index (Phi) is 7.48. The lowest BCUT2D eigenvalue weighted by Gasteiger charge is -2.15. The predicted octanol–water partition coefficient (Wildman–Crippen LogP) is 4.41. The minimum atomic E-state index is -0.629. The van der Waals surface area contributed by atoms with E-state index in [1.807, 2.05) is 24.3 Å². The van der Waals surface area contributed by atoms with Gasteiger partial charge in [-0.25, -0.2) is 4.79 Å². The molecule has 0 radical (unpaired) electrons. The SMILES string of the molecule is CC[C@@H](C)c1ccccc1NC(=O)COC(=O)COc1cccc(Cl)c1. The van der Waals surface area contributed by atoms with Gasteiger partial charge in [-0.15, -0.1) is 0 Å². The van der Waals surface area contributed by atoms with Gasteiger partial charge in [-0.3, -0.25) is 4.79 Å². The highest BCUT2D eigenvalue weighted by Crippen LogP contribution is 2.26. The molecule has 1 atom stereocenters. The molecule has 0 heterocycles. The highest BCUT2D eigenvalue weighted by molar-refractivity contribution is 6.30. The van der Waals surface area contributed by atoms with Crippen LogP contribution in [0.1, 0.15) is 31.7 Å². The van der Waals surface area contributed by atoms with Crippen LogP contribution in [0.4, 0.5) is 5.69 Å². The number of hydrogen-bond donors (Lipinski definition) is 1. The van der Waals surface area contributed by atoms with Crippen molar-refractivity contribution >= 4 is 29.2 Å². The summed E-state index contributed by atoms with van der Waals surface area (Å²) >= 11 is 5.84. The molecule has 0 aliphatic heterocycles. The summed E-state index contributed by atoms with van der Waals surface area (Å²) in [6, 6.07) is 14.3. The van der Waals surface area contributed by atoms with Gasteiger partial charge in [0.1, 0.15) is 5.75 Å². The molecule has 1 N–H and O–H groups in total. The van der Waals surface area contributed by atoms with Crippen LogP contribution >= 0.6 is 11.6 Å². The second-order valence-corrected chi connectivity index (χ2v) is 6.29. The lowest BCUT2D eigenvalue weighted by molar-refractivity contribution is -0.149. The van der Waals surface area contributed by atoms with Crippen molar-refractivity contribution in [2.75, 3.05) is 18.5 Å². The number of anilines is 1. The minimum absolute atomic E-state index is 0.295. The number of rotatable bonds is 8. The summed E-state index contributed by atoms with van der Waals surface area (Å²) in [6.45, 7) is 3.52. The average molecular weight is 376 g/mol. The number of amides is 1. The van der Waals surface area contributed by atoms with Crippen molar-refractivity contribution < 1.29 is 19.1 Å². The van der Waals surface area contributed by atoms with Crippen molar-refractivity contribution in [2.45, 2.75) is 26.2 Å². The number of esters is 1.